The van der Waals surface area contributed by atoms with E-state index in [1.54, 1.807) is 0 Å². The molecule has 0 heterocycles. The van der Waals surface area contributed by atoms with Gasteiger partial charge in [-0.25, -0.2) is 0 Å². The van der Waals surface area contributed by atoms with E-state index in [1.165, 1.54) is 0 Å². The Bertz CT molecular complexity index is 708. The SMILES string of the molecule is CCCC(CC)OC(=O)CCC(=O)OCc1ccc2ccccc2c1. The standard InChI is InChI=1S/C21H26O4/c1-3-7-19(4-2)25-21(23)13-12-20(22)24-15-16-10-11-17-8-5-6-9-18(17)14-16/h5-6,8-11,14,19H,3-4,7,12-13,15H2,1-2H3. The first-order valence-electron chi connectivity index (χ1n) is 8.95. The van der Waals surface area contributed by atoms with Crippen molar-refractivity contribution in [2.24, 2.45) is 0 Å². The van der Waals surface area contributed by atoms with Crippen LogP contribution in [-0.2, 0) is 25.7 Å². The van der Waals surface area contributed by atoms with E-state index in [2.05, 4.69) is 6.92 Å². The van der Waals surface area contributed by atoms with Crippen molar-refractivity contribution < 1.29 is 19.1 Å². The summed E-state index contributed by atoms with van der Waals surface area (Å²) in [5, 5.41) is 2.26. The van der Waals surface area contributed by atoms with Crippen molar-refractivity contribution in [3.8, 4) is 0 Å². The lowest BCUT2D eigenvalue weighted by atomic mass is 10.1. The summed E-state index contributed by atoms with van der Waals surface area (Å²) in [6, 6.07) is 14.0. The van der Waals surface area contributed by atoms with Crippen molar-refractivity contribution in [1.82, 2.24) is 0 Å². The van der Waals surface area contributed by atoms with E-state index in [1.807, 2.05) is 49.4 Å². The van der Waals surface area contributed by atoms with Gasteiger partial charge in [-0.3, -0.25) is 9.59 Å². The fourth-order valence-electron chi connectivity index (χ4n) is 2.68. The van der Waals surface area contributed by atoms with Gasteiger partial charge in [-0.1, -0.05) is 56.7 Å². The number of hydrogen-bond donors (Lipinski definition) is 0. The summed E-state index contributed by atoms with van der Waals surface area (Å²) in [7, 11) is 0. The first-order valence-corrected chi connectivity index (χ1v) is 8.95. The third-order valence-electron chi connectivity index (χ3n) is 4.11. The Kier molecular flexibility index (Phi) is 7.45. The predicted molar refractivity (Wildman–Crippen MR) is 98.1 cm³/mol. The molecule has 0 bridgehead atoms. The molecule has 2 aromatic carbocycles. The maximum Gasteiger partial charge on any atom is 0.306 e. The molecule has 25 heavy (non-hydrogen) atoms. The molecule has 4 heteroatoms. The second kappa shape index (κ2) is 9.82. The van der Waals surface area contributed by atoms with E-state index in [-0.39, 0.29) is 37.5 Å². The third-order valence-corrected chi connectivity index (χ3v) is 4.11. The molecule has 0 amide bonds. The molecule has 0 aliphatic heterocycles. The maximum atomic E-state index is 11.8. The topological polar surface area (TPSA) is 52.6 Å². The van der Waals surface area contributed by atoms with Gasteiger partial charge in [0.05, 0.1) is 12.8 Å². The summed E-state index contributed by atoms with van der Waals surface area (Å²) < 4.78 is 10.6. The lowest BCUT2D eigenvalue weighted by molar-refractivity contribution is -0.154. The van der Waals surface area contributed by atoms with Crippen molar-refractivity contribution in [1.29, 1.82) is 0 Å². The molecule has 0 radical (unpaired) electrons. The summed E-state index contributed by atoms with van der Waals surface area (Å²) in [6.07, 6.45) is 2.69. The van der Waals surface area contributed by atoms with Crippen LogP contribution in [0.25, 0.3) is 10.8 Å². The highest BCUT2D eigenvalue weighted by molar-refractivity contribution is 5.83. The molecule has 2 rings (SSSR count). The minimum Gasteiger partial charge on any atom is -0.462 e. The van der Waals surface area contributed by atoms with E-state index < -0.39 is 0 Å². The average molecular weight is 342 g/mol. The van der Waals surface area contributed by atoms with Gasteiger partial charge in [0.25, 0.3) is 0 Å². The fraction of sp³-hybridized carbons (Fsp3) is 0.429. The summed E-state index contributed by atoms with van der Waals surface area (Å²) in [6.45, 7) is 4.26. The van der Waals surface area contributed by atoms with Crippen LogP contribution in [0.5, 0.6) is 0 Å². The Labute approximate surface area is 149 Å². The molecule has 2 aromatic rings. The normalized spacial score (nSPS) is 11.9. The smallest absolute Gasteiger partial charge is 0.306 e. The van der Waals surface area contributed by atoms with Crippen LogP contribution in [0, 0.1) is 0 Å². The Hall–Kier alpha value is -2.36. The number of ether oxygens (including phenoxy) is 2. The Morgan fingerprint density at radius 2 is 1.68 bits per heavy atom. The monoisotopic (exact) mass is 342 g/mol. The summed E-state index contributed by atoms with van der Waals surface area (Å²) in [4.78, 5) is 23.6. The Morgan fingerprint density at radius 1 is 0.960 bits per heavy atom. The van der Waals surface area contributed by atoms with Gasteiger partial charge in [0.1, 0.15) is 12.7 Å². The lowest BCUT2D eigenvalue weighted by Crippen LogP contribution is -2.18. The molecule has 0 fully saturated rings. The molecule has 134 valence electrons. The Morgan fingerprint density at radius 3 is 2.40 bits per heavy atom. The zero-order valence-electron chi connectivity index (χ0n) is 15.0. The average Bonchev–Trinajstić information content (AvgIpc) is 2.64. The minimum absolute atomic E-state index is 0.0499. The van der Waals surface area contributed by atoms with Crippen LogP contribution in [0.3, 0.4) is 0 Å². The van der Waals surface area contributed by atoms with Gasteiger partial charge in [-0.15, -0.1) is 0 Å². The van der Waals surface area contributed by atoms with Gasteiger partial charge in [0.2, 0.25) is 0 Å². The number of benzene rings is 2. The number of esters is 2. The number of fused-ring (bicyclic) bond motifs is 1. The molecule has 0 saturated heterocycles. The number of rotatable bonds is 9. The number of carbonyl (C=O) groups is 2. The van der Waals surface area contributed by atoms with E-state index in [9.17, 15) is 9.59 Å². The van der Waals surface area contributed by atoms with E-state index in [0.29, 0.717) is 0 Å². The molecule has 0 aliphatic rings. The van der Waals surface area contributed by atoms with Crippen molar-refractivity contribution in [3.63, 3.8) is 0 Å². The molecular formula is C21H26O4. The molecule has 0 saturated carbocycles. The third kappa shape index (κ3) is 6.22. The van der Waals surface area contributed by atoms with Crippen molar-refractivity contribution >= 4 is 22.7 Å². The summed E-state index contributed by atoms with van der Waals surface area (Å²) in [5.74, 6) is -0.711. The van der Waals surface area contributed by atoms with Crippen LogP contribution in [0.2, 0.25) is 0 Å². The van der Waals surface area contributed by atoms with Crippen LogP contribution in [0.4, 0.5) is 0 Å². The largest absolute Gasteiger partial charge is 0.462 e. The van der Waals surface area contributed by atoms with Crippen LogP contribution in [0.15, 0.2) is 42.5 Å². The first kappa shape index (κ1) is 19.0. The quantitative estimate of drug-likeness (QED) is 0.615. The summed E-state index contributed by atoms with van der Waals surface area (Å²) >= 11 is 0. The zero-order valence-corrected chi connectivity index (χ0v) is 15.0. The first-order chi connectivity index (χ1) is 12.1. The molecule has 4 nitrogen and oxygen atoms in total. The van der Waals surface area contributed by atoms with Crippen LogP contribution in [0.1, 0.15) is 51.5 Å². The van der Waals surface area contributed by atoms with Gasteiger partial charge in [-0.05, 0) is 35.2 Å². The van der Waals surface area contributed by atoms with Gasteiger partial charge in [-0.2, -0.15) is 0 Å². The molecule has 1 unspecified atom stereocenters. The number of hydrogen-bond acceptors (Lipinski definition) is 4. The van der Waals surface area contributed by atoms with Crippen LogP contribution >= 0.6 is 0 Å². The van der Waals surface area contributed by atoms with Crippen molar-refractivity contribution in [2.75, 3.05) is 0 Å². The highest BCUT2D eigenvalue weighted by Gasteiger charge is 2.14. The highest BCUT2D eigenvalue weighted by Crippen LogP contribution is 2.16. The Balaban J connectivity index is 1.75. The lowest BCUT2D eigenvalue weighted by Gasteiger charge is -2.15. The second-order valence-electron chi connectivity index (χ2n) is 6.15. The molecule has 0 aromatic heterocycles. The zero-order chi connectivity index (χ0) is 18.1. The van der Waals surface area contributed by atoms with Gasteiger partial charge >= 0.3 is 11.9 Å². The van der Waals surface area contributed by atoms with E-state index in [0.717, 1.165) is 35.6 Å². The predicted octanol–water partition coefficient (Wildman–Crippen LogP) is 4.79. The van der Waals surface area contributed by atoms with Gasteiger partial charge in [0.15, 0.2) is 0 Å². The van der Waals surface area contributed by atoms with E-state index >= 15 is 0 Å². The van der Waals surface area contributed by atoms with Gasteiger partial charge in [0, 0.05) is 0 Å². The molecule has 0 spiro atoms. The molecule has 1 atom stereocenters. The fourth-order valence-corrected chi connectivity index (χ4v) is 2.68. The second-order valence-corrected chi connectivity index (χ2v) is 6.15. The van der Waals surface area contributed by atoms with Crippen LogP contribution < -0.4 is 0 Å². The molecule has 0 aliphatic carbocycles. The minimum atomic E-state index is -0.381. The number of carbonyl (C=O) groups excluding carboxylic acids is 2. The maximum absolute atomic E-state index is 11.8. The highest BCUT2D eigenvalue weighted by atomic mass is 16.5. The van der Waals surface area contributed by atoms with Crippen LogP contribution in [-0.4, -0.2) is 18.0 Å². The summed E-state index contributed by atoms with van der Waals surface area (Å²) in [5.41, 5.74) is 0.934. The van der Waals surface area contributed by atoms with E-state index in [4.69, 9.17) is 9.47 Å². The van der Waals surface area contributed by atoms with Crippen molar-refractivity contribution in [2.45, 2.75) is 58.7 Å². The van der Waals surface area contributed by atoms with Gasteiger partial charge < -0.3 is 9.47 Å². The molecule has 0 N–H and O–H groups in total. The van der Waals surface area contributed by atoms with Crippen molar-refractivity contribution in [3.05, 3.63) is 48.0 Å². The molecular weight excluding hydrogens is 316 g/mol.